The largest absolute Gasteiger partial charge is 0.394 e. The lowest BCUT2D eigenvalue weighted by Crippen LogP contribution is -2.66. The van der Waals surface area contributed by atoms with Crippen molar-refractivity contribution in [3.05, 3.63) is 24.3 Å². The van der Waals surface area contributed by atoms with Crippen LogP contribution < -0.4 is 5.32 Å². The van der Waals surface area contributed by atoms with Crippen LogP contribution in [0.15, 0.2) is 24.3 Å². The van der Waals surface area contributed by atoms with Gasteiger partial charge in [-0.25, -0.2) is 0 Å². The molecule has 0 aromatic rings. The van der Waals surface area contributed by atoms with E-state index < -0.39 is 124 Å². The molecule has 3 saturated heterocycles. The molecule has 470 valence electrons. The van der Waals surface area contributed by atoms with Gasteiger partial charge in [-0.2, -0.15) is 0 Å². The maximum absolute atomic E-state index is 13.3. The summed E-state index contributed by atoms with van der Waals surface area (Å²) in [6, 6.07) is -0.985. The van der Waals surface area contributed by atoms with E-state index in [-0.39, 0.29) is 18.9 Å². The number of rotatable bonds is 47. The van der Waals surface area contributed by atoms with Crippen LogP contribution in [0.5, 0.6) is 0 Å². The molecular weight excluding hydrogens is 1030 g/mol. The lowest BCUT2D eigenvalue weighted by molar-refractivity contribution is -0.379. The summed E-state index contributed by atoms with van der Waals surface area (Å²) in [6.07, 6.45) is 20.1. The van der Waals surface area contributed by atoms with Crippen LogP contribution in [0.2, 0.25) is 0 Å². The number of hydrogen-bond donors (Lipinski definition) is 12. The molecule has 17 atom stereocenters. The molecule has 80 heavy (non-hydrogen) atoms. The zero-order valence-corrected chi connectivity index (χ0v) is 49.1. The number of unbranched alkanes of at least 4 members (excludes halogenated alkanes) is 29. The van der Waals surface area contributed by atoms with Crippen molar-refractivity contribution in [3.63, 3.8) is 0 Å². The second-order valence-corrected chi connectivity index (χ2v) is 22.9. The first-order valence-corrected chi connectivity index (χ1v) is 31.6. The molecule has 0 aliphatic carbocycles. The maximum atomic E-state index is 13.3. The summed E-state index contributed by atoms with van der Waals surface area (Å²) in [5.74, 6) is -0.282. The van der Waals surface area contributed by atoms with E-state index in [1.54, 1.807) is 6.08 Å². The Morgan fingerprint density at radius 2 is 0.800 bits per heavy atom. The minimum atomic E-state index is -1.98. The van der Waals surface area contributed by atoms with Gasteiger partial charge >= 0.3 is 0 Å². The molecule has 19 heteroatoms. The van der Waals surface area contributed by atoms with Crippen LogP contribution in [0.4, 0.5) is 0 Å². The molecule has 3 fully saturated rings. The first-order chi connectivity index (χ1) is 38.8. The van der Waals surface area contributed by atoms with Gasteiger partial charge < -0.3 is 89.9 Å². The SMILES string of the molecule is CCCCCCCCCCCCC/C=C/CC/C=C/C(O)C(COC1OC(CO)C(OC2OC(CO)C(OC3OC(CO)C(O)C(O)C3O)C(O)C2O)C(O)C1O)NC(=O)CCCCCCCCCCCCCCCCCCCC. The molecule has 3 aliphatic rings. The second kappa shape index (κ2) is 44.7. The van der Waals surface area contributed by atoms with E-state index in [1.165, 1.54) is 154 Å². The molecule has 0 bridgehead atoms. The van der Waals surface area contributed by atoms with Gasteiger partial charge in [-0.15, -0.1) is 0 Å². The summed E-state index contributed by atoms with van der Waals surface area (Å²) in [4.78, 5) is 13.3. The average molecular weight is 1150 g/mol. The molecule has 3 heterocycles. The molecule has 3 aliphatic heterocycles. The van der Waals surface area contributed by atoms with Crippen molar-refractivity contribution >= 4 is 5.91 Å². The predicted molar refractivity (Wildman–Crippen MR) is 305 cm³/mol. The zero-order valence-electron chi connectivity index (χ0n) is 49.1. The summed E-state index contributed by atoms with van der Waals surface area (Å²) < 4.78 is 34.3. The quantitative estimate of drug-likeness (QED) is 0.0234. The number of aliphatic hydroxyl groups is 11. The van der Waals surface area contributed by atoms with Crippen LogP contribution in [0, 0.1) is 0 Å². The summed E-state index contributed by atoms with van der Waals surface area (Å²) >= 11 is 0. The van der Waals surface area contributed by atoms with E-state index in [1.807, 2.05) is 6.08 Å². The highest BCUT2D eigenvalue weighted by molar-refractivity contribution is 5.76. The number of amides is 1. The van der Waals surface area contributed by atoms with Crippen molar-refractivity contribution in [2.75, 3.05) is 26.4 Å². The molecule has 0 saturated carbocycles. The Bertz CT molecular complexity index is 1560. The Labute approximate surface area is 479 Å². The molecule has 12 N–H and O–H groups in total. The molecule has 0 radical (unpaired) electrons. The minimum Gasteiger partial charge on any atom is -0.394 e. The highest BCUT2D eigenvalue weighted by atomic mass is 16.8. The van der Waals surface area contributed by atoms with Crippen molar-refractivity contribution in [1.82, 2.24) is 5.32 Å². The zero-order chi connectivity index (χ0) is 58.3. The number of nitrogens with one attached hydrogen (secondary N) is 1. The Balaban J connectivity index is 1.50. The molecule has 19 nitrogen and oxygen atoms in total. The van der Waals surface area contributed by atoms with Gasteiger partial charge in [0.25, 0.3) is 0 Å². The van der Waals surface area contributed by atoms with Crippen molar-refractivity contribution < 1.29 is 89.4 Å². The van der Waals surface area contributed by atoms with Gasteiger partial charge in [0.2, 0.25) is 5.91 Å². The van der Waals surface area contributed by atoms with E-state index in [4.69, 9.17) is 28.4 Å². The third-order valence-electron chi connectivity index (χ3n) is 16.0. The molecule has 0 aromatic carbocycles. The molecule has 0 spiro atoms. The maximum Gasteiger partial charge on any atom is 0.220 e. The average Bonchev–Trinajstić information content (AvgIpc) is 3.50. The van der Waals surface area contributed by atoms with Crippen molar-refractivity contribution in [2.24, 2.45) is 0 Å². The van der Waals surface area contributed by atoms with Crippen molar-refractivity contribution in [2.45, 2.75) is 330 Å². The summed E-state index contributed by atoms with van der Waals surface area (Å²) in [5, 5.41) is 120. The fraction of sp³-hybridized carbons (Fsp3) is 0.918. The number of carbonyl (C=O) groups is 1. The summed E-state index contributed by atoms with van der Waals surface area (Å²) in [6.45, 7) is 1.72. The van der Waals surface area contributed by atoms with Crippen LogP contribution in [0.1, 0.15) is 226 Å². The second-order valence-electron chi connectivity index (χ2n) is 22.9. The number of hydrogen-bond acceptors (Lipinski definition) is 18. The van der Waals surface area contributed by atoms with Crippen LogP contribution in [-0.4, -0.2) is 193 Å². The summed E-state index contributed by atoms with van der Waals surface area (Å²) in [5.41, 5.74) is 0. The molecule has 1 amide bonds. The smallest absolute Gasteiger partial charge is 0.220 e. The Hall–Kier alpha value is -1.73. The van der Waals surface area contributed by atoms with Gasteiger partial charge in [-0.1, -0.05) is 212 Å². The van der Waals surface area contributed by atoms with Gasteiger partial charge in [0.05, 0.1) is 38.6 Å². The summed E-state index contributed by atoms with van der Waals surface area (Å²) in [7, 11) is 0. The van der Waals surface area contributed by atoms with E-state index in [0.29, 0.717) is 12.8 Å². The third-order valence-corrected chi connectivity index (χ3v) is 16.0. The third kappa shape index (κ3) is 28.0. The van der Waals surface area contributed by atoms with Crippen LogP contribution in [-0.2, 0) is 33.2 Å². The van der Waals surface area contributed by atoms with Gasteiger partial charge in [0, 0.05) is 6.42 Å². The first-order valence-electron chi connectivity index (χ1n) is 31.6. The van der Waals surface area contributed by atoms with Crippen LogP contribution in [0.25, 0.3) is 0 Å². The Kier molecular flexibility index (Phi) is 40.5. The van der Waals surface area contributed by atoms with Gasteiger partial charge in [0.15, 0.2) is 18.9 Å². The molecule has 17 unspecified atom stereocenters. The normalized spacial score (nSPS) is 30.1. The van der Waals surface area contributed by atoms with Crippen molar-refractivity contribution in [3.8, 4) is 0 Å². The topological polar surface area (TPSA) is 307 Å². The lowest BCUT2D eigenvalue weighted by atomic mass is 9.96. The van der Waals surface area contributed by atoms with Gasteiger partial charge in [0.1, 0.15) is 73.2 Å². The number of carbonyl (C=O) groups excluding carboxylic acids is 1. The van der Waals surface area contributed by atoms with Crippen LogP contribution >= 0.6 is 0 Å². The monoisotopic (exact) mass is 1150 g/mol. The standard InChI is InChI=1S/C61H113NO18/c1-3-5-7-9-11-13-15-17-19-21-23-25-27-29-31-33-35-37-39-49(67)62-44(45(66)38-36-34-32-30-28-26-24-22-20-18-16-14-12-10-8-6-4-2)43-75-59-55(73)52(70)57(47(41-64)77-59)80-61-56(74)53(71)58(48(42-65)78-61)79-60-54(72)51(69)50(68)46(40-63)76-60/h28,30,36,38,44-48,50-61,63-66,68-74H,3-27,29,31-35,37,39-43H2,1-2H3,(H,62,67)/b30-28+,38-36+. The molecule has 0 aromatic heterocycles. The molecule has 3 rings (SSSR count). The highest BCUT2D eigenvalue weighted by Crippen LogP contribution is 2.33. The van der Waals surface area contributed by atoms with Gasteiger partial charge in [-0.05, 0) is 32.1 Å². The van der Waals surface area contributed by atoms with Crippen molar-refractivity contribution in [1.29, 1.82) is 0 Å². The Morgan fingerprint density at radius 1 is 0.438 bits per heavy atom. The fourth-order valence-electron chi connectivity index (χ4n) is 10.8. The van der Waals surface area contributed by atoms with Crippen LogP contribution in [0.3, 0.4) is 0 Å². The first kappa shape index (κ1) is 72.5. The van der Waals surface area contributed by atoms with E-state index in [0.717, 1.165) is 38.5 Å². The lowest BCUT2D eigenvalue weighted by Gasteiger charge is -2.48. The predicted octanol–water partition coefficient (Wildman–Crippen LogP) is 6.32. The highest BCUT2D eigenvalue weighted by Gasteiger charge is 2.53. The fourth-order valence-corrected chi connectivity index (χ4v) is 10.8. The molecular formula is C61H113NO18. The van der Waals surface area contributed by atoms with E-state index >= 15 is 0 Å². The number of aliphatic hydroxyl groups excluding tert-OH is 11. The number of allylic oxidation sites excluding steroid dienone is 3. The minimum absolute atomic E-state index is 0.240. The van der Waals surface area contributed by atoms with Gasteiger partial charge in [-0.3, -0.25) is 4.79 Å². The Morgan fingerprint density at radius 3 is 1.25 bits per heavy atom. The van der Waals surface area contributed by atoms with E-state index in [2.05, 4.69) is 31.3 Å². The number of ether oxygens (including phenoxy) is 6. The van der Waals surface area contributed by atoms with E-state index in [9.17, 15) is 61.0 Å².